The molecule has 1 aliphatic carbocycles. The molecular weight excluding hydrogens is 399 g/mol. The van der Waals surface area contributed by atoms with Gasteiger partial charge in [0, 0.05) is 15.4 Å². The van der Waals surface area contributed by atoms with Gasteiger partial charge >= 0.3 is 0 Å². The van der Waals surface area contributed by atoms with Gasteiger partial charge in [-0.05, 0) is 64.3 Å². The standard InChI is InChI=1S/C15H13IN2O2S/c1-7(19)18-15-12(14(17)20)11-4-2-8-6-9(16)3-5-10(8)13(11)21-15/h3,5-6H,2,4H2,1H3,(H2,17,20)(H,18,19). The second kappa shape index (κ2) is 5.42. The number of amides is 2. The maximum Gasteiger partial charge on any atom is 0.252 e. The topological polar surface area (TPSA) is 72.2 Å². The minimum absolute atomic E-state index is 0.195. The zero-order valence-electron chi connectivity index (χ0n) is 11.3. The number of carbonyl (C=O) groups excluding carboxylic acids is 2. The second-order valence-electron chi connectivity index (χ2n) is 4.96. The Morgan fingerprint density at radius 2 is 2.10 bits per heavy atom. The van der Waals surface area contributed by atoms with Crippen LogP contribution in [0.2, 0.25) is 0 Å². The summed E-state index contributed by atoms with van der Waals surface area (Å²) in [5.74, 6) is -0.677. The van der Waals surface area contributed by atoms with Crippen molar-refractivity contribution in [1.82, 2.24) is 0 Å². The van der Waals surface area contributed by atoms with Crippen molar-refractivity contribution in [2.75, 3.05) is 5.32 Å². The van der Waals surface area contributed by atoms with Crippen molar-refractivity contribution in [1.29, 1.82) is 0 Å². The van der Waals surface area contributed by atoms with Crippen LogP contribution in [0.15, 0.2) is 18.2 Å². The number of anilines is 1. The minimum atomic E-state index is -0.481. The molecule has 0 radical (unpaired) electrons. The molecule has 1 heterocycles. The lowest BCUT2D eigenvalue weighted by Crippen LogP contribution is -2.17. The third-order valence-electron chi connectivity index (χ3n) is 3.50. The molecule has 1 aromatic heterocycles. The molecule has 0 saturated heterocycles. The second-order valence-corrected chi connectivity index (χ2v) is 7.23. The van der Waals surface area contributed by atoms with E-state index < -0.39 is 5.91 Å². The van der Waals surface area contributed by atoms with Crippen LogP contribution in [0, 0.1) is 3.57 Å². The number of fused-ring (bicyclic) bond motifs is 3. The Morgan fingerprint density at radius 1 is 1.33 bits per heavy atom. The van der Waals surface area contributed by atoms with Crippen molar-refractivity contribution in [3.8, 4) is 10.4 Å². The van der Waals surface area contributed by atoms with Crippen LogP contribution in [0.3, 0.4) is 0 Å². The summed E-state index contributed by atoms with van der Waals surface area (Å²) in [6.07, 6.45) is 1.66. The molecular formula is C15H13IN2O2S. The fourth-order valence-electron chi connectivity index (χ4n) is 2.68. The Bertz CT molecular complexity index is 767. The molecule has 0 atom stereocenters. The highest BCUT2D eigenvalue weighted by molar-refractivity contribution is 14.1. The number of halogens is 1. The average Bonchev–Trinajstić information content (AvgIpc) is 2.75. The van der Waals surface area contributed by atoms with E-state index in [4.69, 9.17) is 5.73 Å². The van der Waals surface area contributed by atoms with Gasteiger partial charge in [0.2, 0.25) is 5.91 Å². The van der Waals surface area contributed by atoms with E-state index in [2.05, 4.69) is 46.1 Å². The Labute approximate surface area is 139 Å². The third-order valence-corrected chi connectivity index (χ3v) is 5.35. The summed E-state index contributed by atoms with van der Waals surface area (Å²) in [5.41, 5.74) is 9.37. The van der Waals surface area contributed by atoms with Crippen LogP contribution in [-0.2, 0) is 17.6 Å². The van der Waals surface area contributed by atoms with Gasteiger partial charge in [-0.2, -0.15) is 0 Å². The number of carbonyl (C=O) groups is 2. The van der Waals surface area contributed by atoms with Gasteiger partial charge in [0.25, 0.3) is 5.91 Å². The van der Waals surface area contributed by atoms with E-state index in [1.54, 1.807) is 0 Å². The summed E-state index contributed by atoms with van der Waals surface area (Å²) in [5, 5.41) is 3.29. The van der Waals surface area contributed by atoms with Crippen LogP contribution in [0.25, 0.3) is 10.4 Å². The number of nitrogens with one attached hydrogen (secondary N) is 1. The first-order valence-electron chi connectivity index (χ1n) is 6.49. The predicted octanol–water partition coefficient (Wildman–Crippen LogP) is 3.18. The molecule has 0 bridgehead atoms. The molecule has 3 N–H and O–H groups in total. The van der Waals surface area contributed by atoms with Crippen LogP contribution < -0.4 is 11.1 Å². The number of primary amides is 1. The van der Waals surface area contributed by atoms with E-state index in [-0.39, 0.29) is 5.91 Å². The molecule has 0 saturated carbocycles. The molecule has 4 nitrogen and oxygen atoms in total. The van der Waals surface area contributed by atoms with E-state index in [9.17, 15) is 9.59 Å². The number of benzene rings is 1. The monoisotopic (exact) mass is 412 g/mol. The molecule has 108 valence electrons. The smallest absolute Gasteiger partial charge is 0.252 e. The van der Waals surface area contributed by atoms with Gasteiger partial charge in [-0.25, -0.2) is 0 Å². The Kier molecular flexibility index (Phi) is 3.75. The number of hydrogen-bond acceptors (Lipinski definition) is 3. The highest BCUT2D eigenvalue weighted by Crippen LogP contribution is 2.45. The molecule has 21 heavy (non-hydrogen) atoms. The number of hydrogen-bond donors (Lipinski definition) is 2. The van der Waals surface area contributed by atoms with Crippen molar-refractivity contribution in [2.24, 2.45) is 5.73 Å². The fraction of sp³-hybridized carbons (Fsp3) is 0.200. The maximum atomic E-state index is 11.8. The Balaban J connectivity index is 2.21. The van der Waals surface area contributed by atoms with E-state index >= 15 is 0 Å². The lowest BCUT2D eigenvalue weighted by Gasteiger charge is -2.17. The van der Waals surface area contributed by atoms with Gasteiger partial charge in [0.15, 0.2) is 0 Å². The number of rotatable bonds is 2. The summed E-state index contributed by atoms with van der Waals surface area (Å²) in [6, 6.07) is 6.30. The molecule has 6 heteroatoms. The van der Waals surface area contributed by atoms with Gasteiger partial charge in [-0.15, -0.1) is 11.3 Å². The van der Waals surface area contributed by atoms with Crippen molar-refractivity contribution in [3.05, 3.63) is 38.5 Å². The average molecular weight is 412 g/mol. The normalized spacial score (nSPS) is 12.5. The molecule has 1 aromatic carbocycles. The lowest BCUT2D eigenvalue weighted by atomic mass is 9.89. The molecule has 0 fully saturated rings. The van der Waals surface area contributed by atoms with Gasteiger partial charge in [-0.1, -0.05) is 6.07 Å². The Hall–Kier alpha value is -1.41. The zero-order valence-corrected chi connectivity index (χ0v) is 14.3. The molecule has 2 aromatic rings. The van der Waals surface area contributed by atoms with Crippen LogP contribution in [0.1, 0.15) is 28.4 Å². The van der Waals surface area contributed by atoms with E-state index in [0.29, 0.717) is 10.6 Å². The summed E-state index contributed by atoms with van der Waals surface area (Å²) in [6.45, 7) is 1.43. The van der Waals surface area contributed by atoms with E-state index in [1.807, 2.05) is 0 Å². The van der Waals surface area contributed by atoms with Crippen LogP contribution in [-0.4, -0.2) is 11.8 Å². The largest absolute Gasteiger partial charge is 0.365 e. The van der Waals surface area contributed by atoms with E-state index in [0.717, 1.165) is 28.8 Å². The fourth-order valence-corrected chi connectivity index (χ4v) is 4.60. The Morgan fingerprint density at radius 3 is 2.76 bits per heavy atom. The number of thiophene rings is 1. The first-order valence-corrected chi connectivity index (χ1v) is 8.38. The SMILES string of the molecule is CC(=O)Nc1sc2c(c1C(N)=O)CCc1cc(I)ccc1-2. The van der Waals surface area contributed by atoms with Crippen LogP contribution >= 0.6 is 33.9 Å². The summed E-state index contributed by atoms with van der Waals surface area (Å²) in [4.78, 5) is 24.2. The van der Waals surface area contributed by atoms with Gasteiger partial charge in [-0.3, -0.25) is 9.59 Å². The lowest BCUT2D eigenvalue weighted by molar-refractivity contribution is -0.114. The molecule has 1 aliphatic rings. The van der Waals surface area contributed by atoms with Crippen molar-refractivity contribution in [3.63, 3.8) is 0 Å². The first-order chi connectivity index (χ1) is 9.97. The highest BCUT2D eigenvalue weighted by atomic mass is 127. The summed E-state index contributed by atoms with van der Waals surface area (Å²) < 4.78 is 1.20. The first kappa shape index (κ1) is 14.5. The van der Waals surface area contributed by atoms with Crippen molar-refractivity contribution >= 4 is 50.7 Å². The molecule has 0 spiro atoms. The highest BCUT2D eigenvalue weighted by Gasteiger charge is 2.27. The minimum Gasteiger partial charge on any atom is -0.365 e. The van der Waals surface area contributed by atoms with Crippen LogP contribution in [0.4, 0.5) is 5.00 Å². The van der Waals surface area contributed by atoms with Gasteiger partial charge in [0.05, 0.1) is 5.56 Å². The zero-order chi connectivity index (χ0) is 15.1. The number of nitrogens with two attached hydrogens (primary N) is 1. The third kappa shape index (κ3) is 2.57. The number of aryl methyl sites for hydroxylation is 1. The maximum absolute atomic E-state index is 11.8. The van der Waals surface area contributed by atoms with Gasteiger partial charge < -0.3 is 11.1 Å². The quantitative estimate of drug-likeness (QED) is 0.744. The summed E-state index contributed by atoms with van der Waals surface area (Å²) >= 11 is 3.73. The molecule has 3 rings (SSSR count). The van der Waals surface area contributed by atoms with Crippen LogP contribution in [0.5, 0.6) is 0 Å². The van der Waals surface area contributed by atoms with E-state index in [1.165, 1.54) is 27.4 Å². The summed E-state index contributed by atoms with van der Waals surface area (Å²) in [7, 11) is 0. The predicted molar refractivity (Wildman–Crippen MR) is 92.7 cm³/mol. The molecule has 0 unspecified atom stereocenters. The van der Waals surface area contributed by atoms with Crippen molar-refractivity contribution < 1.29 is 9.59 Å². The molecule has 0 aliphatic heterocycles. The molecule has 2 amide bonds. The van der Waals surface area contributed by atoms with Gasteiger partial charge in [0.1, 0.15) is 5.00 Å². The van der Waals surface area contributed by atoms with Crippen molar-refractivity contribution in [2.45, 2.75) is 19.8 Å².